The quantitative estimate of drug-likeness (QED) is 0.641. The average molecular weight is 398 g/mol. The van der Waals surface area contributed by atoms with E-state index in [1.165, 1.54) is 0 Å². The predicted molar refractivity (Wildman–Crippen MR) is 106 cm³/mol. The lowest BCUT2D eigenvalue weighted by Gasteiger charge is -2.44. The van der Waals surface area contributed by atoms with Gasteiger partial charge in [-0.15, -0.1) is 0 Å². The van der Waals surface area contributed by atoms with Crippen molar-refractivity contribution in [2.45, 2.75) is 31.7 Å². The highest BCUT2D eigenvalue weighted by Gasteiger charge is 2.42. The standard InChI is InChI=1S/C22H20ClNO4/c1-14-4-10-17(11-5-14)24-18(19-3-2-12-27-19)13-20(28-21(24)22(25)26)15-6-8-16(23)9-7-15/h2-12,18,20-21H,13H2,1H3,(H,25,26). The number of aryl methyl sites for hydroxylation is 1. The number of furan rings is 1. The Balaban J connectivity index is 1.76. The van der Waals surface area contributed by atoms with Crippen molar-refractivity contribution >= 4 is 23.3 Å². The van der Waals surface area contributed by atoms with Gasteiger partial charge in [-0.1, -0.05) is 41.4 Å². The molecule has 3 aromatic rings. The summed E-state index contributed by atoms with van der Waals surface area (Å²) in [7, 11) is 0. The largest absolute Gasteiger partial charge is 0.478 e. The van der Waals surface area contributed by atoms with Gasteiger partial charge in [0, 0.05) is 17.1 Å². The van der Waals surface area contributed by atoms with Crippen LogP contribution >= 0.6 is 11.6 Å². The highest BCUT2D eigenvalue weighted by molar-refractivity contribution is 6.30. The van der Waals surface area contributed by atoms with Crippen LogP contribution < -0.4 is 4.90 Å². The molecule has 144 valence electrons. The number of carbonyl (C=O) groups is 1. The van der Waals surface area contributed by atoms with Crippen molar-refractivity contribution in [2.24, 2.45) is 0 Å². The normalized spacial score (nSPS) is 22.2. The molecule has 0 bridgehead atoms. The Morgan fingerprint density at radius 3 is 2.43 bits per heavy atom. The highest BCUT2D eigenvalue weighted by atomic mass is 35.5. The van der Waals surface area contributed by atoms with E-state index in [9.17, 15) is 9.90 Å². The van der Waals surface area contributed by atoms with Crippen LogP contribution in [0.4, 0.5) is 5.69 Å². The summed E-state index contributed by atoms with van der Waals surface area (Å²) in [6.45, 7) is 1.99. The molecule has 1 saturated heterocycles. The van der Waals surface area contributed by atoms with Gasteiger partial charge in [0.15, 0.2) is 0 Å². The Morgan fingerprint density at radius 2 is 1.82 bits per heavy atom. The van der Waals surface area contributed by atoms with E-state index in [4.69, 9.17) is 20.8 Å². The number of nitrogens with zero attached hydrogens (tertiary/aromatic N) is 1. The molecule has 1 fully saturated rings. The Kier molecular flexibility index (Phi) is 5.11. The van der Waals surface area contributed by atoms with Gasteiger partial charge in [0.2, 0.25) is 6.23 Å². The molecule has 0 saturated carbocycles. The van der Waals surface area contributed by atoms with Gasteiger partial charge in [-0.2, -0.15) is 0 Å². The molecule has 6 heteroatoms. The third kappa shape index (κ3) is 3.63. The molecule has 0 aliphatic carbocycles. The van der Waals surface area contributed by atoms with E-state index in [1.54, 1.807) is 23.3 Å². The number of aliphatic carboxylic acids is 1. The van der Waals surface area contributed by atoms with Crippen LogP contribution in [0.2, 0.25) is 5.02 Å². The topological polar surface area (TPSA) is 62.9 Å². The molecule has 4 rings (SSSR count). The summed E-state index contributed by atoms with van der Waals surface area (Å²) in [5.41, 5.74) is 2.76. The number of carboxylic acid groups (broad SMARTS) is 1. The molecule has 1 aromatic heterocycles. The fourth-order valence-electron chi connectivity index (χ4n) is 3.59. The third-order valence-electron chi connectivity index (χ3n) is 4.98. The first-order valence-corrected chi connectivity index (χ1v) is 9.43. The summed E-state index contributed by atoms with van der Waals surface area (Å²) in [6, 6.07) is 18.4. The van der Waals surface area contributed by atoms with Crippen LogP contribution in [-0.2, 0) is 9.53 Å². The number of rotatable bonds is 4. The minimum Gasteiger partial charge on any atom is -0.478 e. The Morgan fingerprint density at radius 1 is 1.11 bits per heavy atom. The van der Waals surface area contributed by atoms with Crippen LogP contribution in [0.1, 0.15) is 35.5 Å². The SMILES string of the molecule is Cc1ccc(N2C(C(=O)O)OC(c3ccc(Cl)cc3)CC2c2ccco2)cc1. The van der Waals surface area contributed by atoms with Crippen LogP contribution in [0.3, 0.4) is 0 Å². The second-order valence-electron chi connectivity index (χ2n) is 6.88. The van der Waals surface area contributed by atoms with E-state index in [0.29, 0.717) is 17.2 Å². The number of anilines is 1. The van der Waals surface area contributed by atoms with Crippen molar-refractivity contribution in [3.05, 3.63) is 88.8 Å². The molecule has 0 spiro atoms. The summed E-state index contributed by atoms with van der Waals surface area (Å²) < 4.78 is 11.7. The second kappa shape index (κ2) is 7.70. The zero-order chi connectivity index (χ0) is 19.7. The molecule has 28 heavy (non-hydrogen) atoms. The number of benzene rings is 2. The maximum atomic E-state index is 12.1. The van der Waals surface area contributed by atoms with Crippen molar-refractivity contribution in [3.8, 4) is 0 Å². The van der Waals surface area contributed by atoms with Crippen LogP contribution in [0.5, 0.6) is 0 Å². The summed E-state index contributed by atoms with van der Waals surface area (Å²) >= 11 is 6.00. The predicted octanol–water partition coefficient (Wildman–Crippen LogP) is 5.36. The van der Waals surface area contributed by atoms with Crippen LogP contribution in [0.25, 0.3) is 0 Å². The molecular weight excluding hydrogens is 378 g/mol. The highest BCUT2D eigenvalue weighted by Crippen LogP contribution is 2.43. The van der Waals surface area contributed by atoms with Crippen molar-refractivity contribution < 1.29 is 19.1 Å². The second-order valence-corrected chi connectivity index (χ2v) is 7.31. The zero-order valence-corrected chi connectivity index (χ0v) is 16.0. The average Bonchev–Trinajstić information content (AvgIpc) is 3.23. The number of ether oxygens (including phenoxy) is 1. The first-order chi connectivity index (χ1) is 13.5. The smallest absolute Gasteiger partial charge is 0.354 e. The van der Waals surface area contributed by atoms with E-state index < -0.39 is 18.3 Å². The molecule has 5 nitrogen and oxygen atoms in total. The summed E-state index contributed by atoms with van der Waals surface area (Å²) in [5.74, 6) is -0.343. The minimum atomic E-state index is -1.15. The van der Waals surface area contributed by atoms with Gasteiger partial charge in [-0.3, -0.25) is 0 Å². The maximum absolute atomic E-state index is 12.1. The molecule has 0 amide bonds. The van der Waals surface area contributed by atoms with E-state index in [2.05, 4.69) is 0 Å². The van der Waals surface area contributed by atoms with E-state index >= 15 is 0 Å². The molecule has 1 aliphatic heterocycles. The summed E-state index contributed by atoms with van der Waals surface area (Å²) in [4.78, 5) is 13.9. The van der Waals surface area contributed by atoms with E-state index in [0.717, 1.165) is 16.8 Å². The van der Waals surface area contributed by atoms with E-state index in [1.807, 2.05) is 55.5 Å². The monoisotopic (exact) mass is 397 g/mol. The fraction of sp³-hybridized carbons (Fsp3) is 0.227. The lowest BCUT2D eigenvalue weighted by Crippen LogP contribution is -2.50. The van der Waals surface area contributed by atoms with Crippen molar-refractivity contribution in [1.29, 1.82) is 0 Å². The Bertz CT molecular complexity index is 938. The Hall–Kier alpha value is -2.76. The van der Waals surface area contributed by atoms with Gasteiger partial charge in [0.05, 0.1) is 18.4 Å². The van der Waals surface area contributed by atoms with Crippen molar-refractivity contribution in [3.63, 3.8) is 0 Å². The minimum absolute atomic E-state index is 0.284. The number of halogens is 1. The number of hydrogen-bond acceptors (Lipinski definition) is 4. The fourth-order valence-corrected chi connectivity index (χ4v) is 3.72. The van der Waals surface area contributed by atoms with Crippen molar-refractivity contribution in [2.75, 3.05) is 4.90 Å². The molecule has 2 heterocycles. The first kappa shape index (κ1) is 18.6. The molecule has 3 atom stereocenters. The molecule has 3 unspecified atom stereocenters. The van der Waals surface area contributed by atoms with Crippen LogP contribution in [-0.4, -0.2) is 17.3 Å². The lowest BCUT2D eigenvalue weighted by molar-refractivity contribution is -0.160. The van der Waals surface area contributed by atoms with Crippen molar-refractivity contribution in [1.82, 2.24) is 0 Å². The van der Waals surface area contributed by atoms with Crippen LogP contribution in [0, 0.1) is 6.92 Å². The molecule has 0 radical (unpaired) electrons. The number of hydrogen-bond donors (Lipinski definition) is 1. The lowest BCUT2D eigenvalue weighted by atomic mass is 9.96. The van der Waals surface area contributed by atoms with E-state index in [-0.39, 0.29) is 6.04 Å². The summed E-state index contributed by atoms with van der Waals surface area (Å²) in [6.07, 6.45) is 0.611. The molecule has 1 N–H and O–H groups in total. The third-order valence-corrected chi connectivity index (χ3v) is 5.23. The Labute approximate surface area is 168 Å². The van der Waals surface area contributed by atoms with Gasteiger partial charge in [0.25, 0.3) is 0 Å². The van der Waals surface area contributed by atoms with Gasteiger partial charge in [-0.05, 0) is 48.9 Å². The van der Waals surface area contributed by atoms with Crippen LogP contribution in [0.15, 0.2) is 71.3 Å². The molecule has 2 aromatic carbocycles. The van der Waals surface area contributed by atoms with Gasteiger partial charge < -0.3 is 19.2 Å². The number of carboxylic acids is 1. The van der Waals surface area contributed by atoms with Gasteiger partial charge in [0.1, 0.15) is 5.76 Å². The maximum Gasteiger partial charge on any atom is 0.354 e. The van der Waals surface area contributed by atoms with Gasteiger partial charge in [-0.25, -0.2) is 4.79 Å². The van der Waals surface area contributed by atoms with Gasteiger partial charge >= 0.3 is 5.97 Å². The summed E-state index contributed by atoms with van der Waals surface area (Å²) in [5, 5.41) is 10.6. The molecular formula is C22H20ClNO4. The first-order valence-electron chi connectivity index (χ1n) is 9.05. The zero-order valence-electron chi connectivity index (χ0n) is 15.3. The molecule has 1 aliphatic rings.